The van der Waals surface area contributed by atoms with Gasteiger partial charge >= 0.3 is 12.1 Å². The number of halogens is 1. The SMILES string of the molecule is Cc1noc(-c2ccc(C#CCCCCC(=O)O)cc2)c1NC(=O)OCCc1ccccc1Cl. The van der Waals surface area contributed by atoms with E-state index in [0.29, 0.717) is 41.4 Å². The van der Waals surface area contributed by atoms with Gasteiger partial charge in [0.05, 0.1) is 6.61 Å². The highest BCUT2D eigenvalue weighted by atomic mass is 35.5. The van der Waals surface area contributed by atoms with Crippen LogP contribution in [0.5, 0.6) is 0 Å². The lowest BCUT2D eigenvalue weighted by Gasteiger charge is -2.08. The first-order valence-corrected chi connectivity index (χ1v) is 11.3. The van der Waals surface area contributed by atoms with E-state index >= 15 is 0 Å². The van der Waals surface area contributed by atoms with Gasteiger partial charge in [-0.05, 0) is 55.7 Å². The number of nitrogens with zero attached hydrogens (tertiary/aromatic N) is 1. The van der Waals surface area contributed by atoms with Gasteiger partial charge in [-0.3, -0.25) is 10.1 Å². The molecule has 0 fully saturated rings. The Morgan fingerprint density at radius 3 is 2.65 bits per heavy atom. The molecule has 0 radical (unpaired) electrons. The van der Waals surface area contributed by atoms with E-state index < -0.39 is 12.1 Å². The van der Waals surface area contributed by atoms with Gasteiger partial charge in [0.2, 0.25) is 0 Å². The Morgan fingerprint density at radius 2 is 1.91 bits per heavy atom. The van der Waals surface area contributed by atoms with Gasteiger partial charge in [-0.1, -0.05) is 46.8 Å². The minimum atomic E-state index is -0.787. The van der Waals surface area contributed by atoms with Gasteiger partial charge in [0.15, 0.2) is 5.76 Å². The van der Waals surface area contributed by atoms with E-state index in [9.17, 15) is 9.59 Å². The third kappa shape index (κ3) is 7.39. The molecule has 3 rings (SSSR count). The minimum absolute atomic E-state index is 0.165. The van der Waals surface area contributed by atoms with Gasteiger partial charge in [-0.25, -0.2) is 4.79 Å². The number of aliphatic carboxylic acids is 1. The molecule has 0 aliphatic carbocycles. The van der Waals surface area contributed by atoms with E-state index in [1.54, 1.807) is 13.0 Å². The van der Waals surface area contributed by atoms with Crippen molar-refractivity contribution >= 4 is 29.4 Å². The first-order valence-electron chi connectivity index (χ1n) is 10.9. The summed E-state index contributed by atoms with van der Waals surface area (Å²) < 4.78 is 10.7. The first kappa shape index (κ1) is 24.9. The molecular formula is C26H25ClN2O5. The quantitative estimate of drug-likeness (QED) is 0.284. The molecule has 3 aromatic rings. The van der Waals surface area contributed by atoms with Crippen LogP contribution in [-0.4, -0.2) is 28.9 Å². The molecular weight excluding hydrogens is 456 g/mol. The average Bonchev–Trinajstić information content (AvgIpc) is 3.17. The van der Waals surface area contributed by atoms with Gasteiger partial charge < -0.3 is 14.4 Å². The molecule has 176 valence electrons. The van der Waals surface area contributed by atoms with E-state index in [4.69, 9.17) is 26.0 Å². The van der Waals surface area contributed by atoms with Crippen LogP contribution in [0.4, 0.5) is 10.5 Å². The van der Waals surface area contributed by atoms with Gasteiger partial charge in [0.25, 0.3) is 0 Å². The summed E-state index contributed by atoms with van der Waals surface area (Å²) in [5.74, 6) is 5.75. The molecule has 8 heteroatoms. The second-order valence-corrected chi connectivity index (χ2v) is 7.96. The molecule has 0 aliphatic heterocycles. The average molecular weight is 481 g/mol. The Morgan fingerprint density at radius 1 is 1.15 bits per heavy atom. The fraction of sp³-hybridized carbons (Fsp3) is 0.269. The van der Waals surface area contributed by atoms with E-state index in [1.807, 2.05) is 42.5 Å². The van der Waals surface area contributed by atoms with E-state index in [2.05, 4.69) is 22.3 Å². The molecule has 7 nitrogen and oxygen atoms in total. The highest BCUT2D eigenvalue weighted by Crippen LogP contribution is 2.31. The molecule has 0 saturated carbocycles. The van der Waals surface area contributed by atoms with Crippen LogP contribution in [0.15, 0.2) is 53.1 Å². The van der Waals surface area contributed by atoms with Crippen molar-refractivity contribution in [2.75, 3.05) is 11.9 Å². The maximum atomic E-state index is 12.3. The van der Waals surface area contributed by atoms with Crippen LogP contribution in [0, 0.1) is 18.8 Å². The van der Waals surface area contributed by atoms with Crippen molar-refractivity contribution in [1.82, 2.24) is 5.16 Å². The van der Waals surface area contributed by atoms with Crippen LogP contribution in [-0.2, 0) is 16.0 Å². The summed E-state index contributed by atoms with van der Waals surface area (Å²) in [6, 6.07) is 14.8. The van der Waals surface area contributed by atoms with Gasteiger partial charge in [0, 0.05) is 35.4 Å². The number of amides is 1. The summed E-state index contributed by atoms with van der Waals surface area (Å²) in [4.78, 5) is 22.8. The second-order valence-electron chi connectivity index (χ2n) is 7.55. The molecule has 0 atom stereocenters. The third-order valence-electron chi connectivity index (χ3n) is 4.97. The number of aromatic nitrogens is 1. The summed E-state index contributed by atoms with van der Waals surface area (Å²) in [5, 5.41) is 16.0. The fourth-order valence-electron chi connectivity index (χ4n) is 3.17. The number of hydrogen-bond acceptors (Lipinski definition) is 5. The molecule has 1 heterocycles. The summed E-state index contributed by atoms with van der Waals surface area (Å²) in [6.45, 7) is 1.91. The van der Waals surface area contributed by atoms with Crippen LogP contribution in [0.3, 0.4) is 0 Å². The maximum absolute atomic E-state index is 12.3. The number of carbonyl (C=O) groups is 2. The summed E-state index contributed by atoms with van der Waals surface area (Å²) in [5.41, 5.74) is 3.44. The lowest BCUT2D eigenvalue weighted by Crippen LogP contribution is -2.16. The molecule has 0 spiro atoms. The number of unbranched alkanes of at least 4 members (excludes halogenated alkanes) is 2. The number of carboxylic acids is 1. The van der Waals surface area contributed by atoms with Crippen LogP contribution in [0.1, 0.15) is 42.5 Å². The van der Waals surface area contributed by atoms with Crippen LogP contribution >= 0.6 is 11.6 Å². The normalized spacial score (nSPS) is 10.3. The second kappa shape index (κ2) is 12.5. The molecule has 2 N–H and O–H groups in total. The zero-order valence-electron chi connectivity index (χ0n) is 18.8. The number of nitrogens with one attached hydrogen (secondary N) is 1. The van der Waals surface area contributed by atoms with Crippen molar-refractivity contribution in [1.29, 1.82) is 0 Å². The van der Waals surface area contributed by atoms with Crippen LogP contribution in [0.25, 0.3) is 11.3 Å². The summed E-state index contributed by atoms with van der Waals surface area (Å²) in [6.07, 6.45) is 2.07. The van der Waals surface area contributed by atoms with E-state index in [0.717, 1.165) is 23.1 Å². The van der Waals surface area contributed by atoms with Crippen molar-refractivity contribution in [3.63, 3.8) is 0 Å². The molecule has 2 aromatic carbocycles. The Hall–Kier alpha value is -3.76. The molecule has 0 saturated heterocycles. The number of carbonyl (C=O) groups excluding carboxylic acids is 1. The topological polar surface area (TPSA) is 102 Å². The fourth-order valence-corrected chi connectivity index (χ4v) is 3.40. The van der Waals surface area contributed by atoms with Crippen molar-refractivity contribution in [2.45, 2.75) is 39.0 Å². The Balaban J connectivity index is 1.56. The van der Waals surface area contributed by atoms with E-state index in [-0.39, 0.29) is 13.0 Å². The maximum Gasteiger partial charge on any atom is 0.411 e. The van der Waals surface area contributed by atoms with E-state index in [1.165, 1.54) is 0 Å². The van der Waals surface area contributed by atoms with Gasteiger partial charge in [-0.2, -0.15) is 0 Å². The Kier molecular flexibility index (Phi) is 9.12. The molecule has 1 aromatic heterocycles. The zero-order valence-corrected chi connectivity index (χ0v) is 19.5. The molecule has 0 bridgehead atoms. The van der Waals surface area contributed by atoms with Crippen LogP contribution in [0.2, 0.25) is 5.02 Å². The van der Waals surface area contributed by atoms with Gasteiger partial charge in [-0.15, -0.1) is 0 Å². The monoisotopic (exact) mass is 480 g/mol. The highest BCUT2D eigenvalue weighted by molar-refractivity contribution is 6.31. The van der Waals surface area contributed by atoms with Gasteiger partial charge in [0.1, 0.15) is 11.4 Å². The number of aryl methyl sites for hydroxylation is 1. The van der Waals surface area contributed by atoms with Crippen molar-refractivity contribution in [3.05, 3.63) is 70.4 Å². The minimum Gasteiger partial charge on any atom is -0.481 e. The first-order chi connectivity index (χ1) is 16.4. The van der Waals surface area contributed by atoms with Crippen molar-refractivity contribution in [3.8, 4) is 23.2 Å². The summed E-state index contributed by atoms with van der Waals surface area (Å²) in [7, 11) is 0. The Labute approximate surface area is 203 Å². The highest BCUT2D eigenvalue weighted by Gasteiger charge is 2.18. The zero-order chi connectivity index (χ0) is 24.3. The molecule has 0 aliphatic rings. The van der Waals surface area contributed by atoms with Crippen molar-refractivity contribution < 1.29 is 24.0 Å². The predicted octanol–water partition coefficient (Wildman–Crippen LogP) is 6.09. The largest absolute Gasteiger partial charge is 0.481 e. The number of rotatable bonds is 9. The number of anilines is 1. The number of benzene rings is 2. The van der Waals surface area contributed by atoms with Crippen molar-refractivity contribution in [2.24, 2.45) is 0 Å². The Bertz CT molecular complexity index is 1190. The standard InChI is InChI=1S/C26H25ClN2O5/c1-18-24(28-26(32)33-17-16-20-9-6-7-10-22(20)27)25(34-29-18)21-14-12-19(13-15-21)8-4-2-3-5-11-23(30)31/h6-7,9-10,12-15H,2-3,5,11,16-17H2,1H3,(H,28,32)(H,30,31). The summed E-state index contributed by atoms with van der Waals surface area (Å²) >= 11 is 6.13. The van der Waals surface area contributed by atoms with Crippen LogP contribution < -0.4 is 5.32 Å². The number of hydrogen-bond donors (Lipinski definition) is 2. The molecule has 34 heavy (non-hydrogen) atoms. The lowest BCUT2D eigenvalue weighted by atomic mass is 10.1. The third-order valence-corrected chi connectivity index (χ3v) is 5.34. The lowest BCUT2D eigenvalue weighted by molar-refractivity contribution is -0.137. The number of carboxylic acid groups (broad SMARTS) is 1. The smallest absolute Gasteiger partial charge is 0.411 e. The predicted molar refractivity (Wildman–Crippen MR) is 130 cm³/mol. The molecule has 0 unspecified atom stereocenters. The molecule has 1 amide bonds. The number of ether oxygens (including phenoxy) is 1.